The highest BCUT2D eigenvalue weighted by Gasteiger charge is 2.04. The summed E-state index contributed by atoms with van der Waals surface area (Å²) in [7, 11) is -2.42. The molecule has 0 fully saturated rings. The highest BCUT2D eigenvalue weighted by molar-refractivity contribution is 7.70. The second-order valence-corrected chi connectivity index (χ2v) is 3.76. The minimum absolute atomic E-state index is 0.151. The Balaban J connectivity index is 3.53. The lowest BCUT2D eigenvalue weighted by Gasteiger charge is -2.11. The van der Waals surface area contributed by atoms with Gasteiger partial charge in [0.25, 0.3) is 0 Å². The Hall–Kier alpha value is -0.0900. The van der Waals surface area contributed by atoms with Crippen LogP contribution in [0.15, 0.2) is 0 Å². The standard InChI is InChI=1S/C8H19NO2S/c1-3-5-6-7-8(4-2)9-12(10)11/h8,12H,3-7H2,1-2H3,(H,9,10,11). The fraction of sp³-hybridized carbons (Fsp3) is 1.00. The summed E-state index contributed by atoms with van der Waals surface area (Å²) in [5.41, 5.74) is 0. The van der Waals surface area contributed by atoms with Gasteiger partial charge in [-0.1, -0.05) is 33.1 Å². The van der Waals surface area contributed by atoms with E-state index < -0.39 is 10.9 Å². The molecule has 0 spiro atoms. The van der Waals surface area contributed by atoms with Gasteiger partial charge in [-0.05, 0) is 12.8 Å². The van der Waals surface area contributed by atoms with Crippen LogP contribution in [0.5, 0.6) is 0 Å². The van der Waals surface area contributed by atoms with Gasteiger partial charge in [0.1, 0.15) is 0 Å². The monoisotopic (exact) mass is 193 g/mol. The van der Waals surface area contributed by atoms with Gasteiger partial charge in [0.2, 0.25) is 10.9 Å². The van der Waals surface area contributed by atoms with Crippen LogP contribution >= 0.6 is 0 Å². The first-order chi connectivity index (χ1) is 5.70. The van der Waals surface area contributed by atoms with E-state index >= 15 is 0 Å². The van der Waals surface area contributed by atoms with Crippen LogP contribution in [-0.4, -0.2) is 14.5 Å². The predicted molar refractivity (Wildman–Crippen MR) is 51.7 cm³/mol. The molecule has 0 aliphatic heterocycles. The number of thiol groups is 1. The van der Waals surface area contributed by atoms with Crippen molar-refractivity contribution in [2.24, 2.45) is 0 Å². The number of nitrogens with one attached hydrogen (secondary N) is 1. The number of rotatable bonds is 7. The molecule has 4 heteroatoms. The molecule has 3 nitrogen and oxygen atoms in total. The van der Waals surface area contributed by atoms with E-state index in [2.05, 4.69) is 11.6 Å². The SMILES string of the molecule is CCCCCC(CC)N[SH](=O)=O. The Morgan fingerprint density at radius 3 is 2.33 bits per heavy atom. The zero-order chi connectivity index (χ0) is 9.40. The van der Waals surface area contributed by atoms with E-state index in [0.717, 1.165) is 19.3 Å². The number of hydrogen-bond donors (Lipinski definition) is 2. The first kappa shape index (κ1) is 11.9. The molecular formula is C8H19NO2S. The molecule has 0 amide bonds. The van der Waals surface area contributed by atoms with Crippen molar-refractivity contribution < 1.29 is 8.42 Å². The van der Waals surface area contributed by atoms with E-state index in [-0.39, 0.29) is 6.04 Å². The highest BCUT2D eigenvalue weighted by Crippen LogP contribution is 2.05. The first-order valence-electron chi connectivity index (χ1n) is 4.61. The van der Waals surface area contributed by atoms with Crippen molar-refractivity contribution >= 4 is 10.9 Å². The lowest BCUT2D eigenvalue weighted by Crippen LogP contribution is -2.26. The van der Waals surface area contributed by atoms with E-state index in [1.54, 1.807) is 0 Å². The van der Waals surface area contributed by atoms with Crippen LogP contribution < -0.4 is 4.72 Å². The summed E-state index contributed by atoms with van der Waals surface area (Å²) < 4.78 is 23.2. The Kier molecular flexibility index (Phi) is 7.50. The molecule has 12 heavy (non-hydrogen) atoms. The van der Waals surface area contributed by atoms with Crippen molar-refractivity contribution in [2.45, 2.75) is 52.0 Å². The zero-order valence-electron chi connectivity index (χ0n) is 7.88. The van der Waals surface area contributed by atoms with Crippen LogP contribution in [0.25, 0.3) is 0 Å². The average Bonchev–Trinajstić information content (AvgIpc) is 2.02. The van der Waals surface area contributed by atoms with E-state index in [4.69, 9.17) is 0 Å². The van der Waals surface area contributed by atoms with Crippen molar-refractivity contribution in [3.8, 4) is 0 Å². The Bertz CT molecular complexity index is 160. The van der Waals surface area contributed by atoms with Crippen LogP contribution in [0.2, 0.25) is 0 Å². The molecular weight excluding hydrogens is 174 g/mol. The van der Waals surface area contributed by atoms with E-state index in [1.165, 1.54) is 12.8 Å². The molecule has 0 saturated carbocycles. The fourth-order valence-electron chi connectivity index (χ4n) is 1.15. The van der Waals surface area contributed by atoms with Crippen LogP contribution in [0.3, 0.4) is 0 Å². The molecule has 0 radical (unpaired) electrons. The molecule has 0 aliphatic rings. The summed E-state index contributed by atoms with van der Waals surface area (Å²) in [5, 5.41) is 0. The maximum Gasteiger partial charge on any atom is 0.201 e. The summed E-state index contributed by atoms with van der Waals surface area (Å²) in [4.78, 5) is 0. The van der Waals surface area contributed by atoms with Crippen molar-refractivity contribution in [3.63, 3.8) is 0 Å². The Labute approximate surface area is 76.6 Å². The molecule has 0 aromatic rings. The van der Waals surface area contributed by atoms with Gasteiger partial charge >= 0.3 is 0 Å². The van der Waals surface area contributed by atoms with E-state index in [0.29, 0.717) is 0 Å². The van der Waals surface area contributed by atoms with Gasteiger partial charge < -0.3 is 0 Å². The van der Waals surface area contributed by atoms with Gasteiger partial charge in [-0.2, -0.15) is 0 Å². The molecule has 0 heterocycles. The van der Waals surface area contributed by atoms with Gasteiger partial charge in [-0.3, -0.25) is 0 Å². The second kappa shape index (κ2) is 7.55. The Morgan fingerprint density at radius 1 is 1.25 bits per heavy atom. The molecule has 0 rings (SSSR count). The number of unbranched alkanes of at least 4 members (excludes halogenated alkanes) is 2. The maximum absolute atomic E-state index is 10.3. The maximum atomic E-state index is 10.3. The minimum Gasteiger partial charge on any atom is -0.216 e. The molecule has 0 saturated heterocycles. The van der Waals surface area contributed by atoms with Crippen molar-refractivity contribution in [3.05, 3.63) is 0 Å². The molecule has 74 valence electrons. The van der Waals surface area contributed by atoms with Crippen molar-refractivity contribution in [1.29, 1.82) is 0 Å². The summed E-state index contributed by atoms with van der Waals surface area (Å²) in [6, 6.07) is 0.151. The topological polar surface area (TPSA) is 46.2 Å². The smallest absolute Gasteiger partial charge is 0.201 e. The van der Waals surface area contributed by atoms with Crippen LogP contribution in [-0.2, 0) is 10.9 Å². The summed E-state index contributed by atoms with van der Waals surface area (Å²) in [6.07, 6.45) is 5.33. The van der Waals surface area contributed by atoms with Gasteiger partial charge in [0.15, 0.2) is 0 Å². The first-order valence-corrected chi connectivity index (χ1v) is 5.79. The molecule has 0 aromatic carbocycles. The quantitative estimate of drug-likeness (QED) is 0.475. The normalized spacial score (nSPS) is 13.6. The summed E-state index contributed by atoms with van der Waals surface area (Å²) in [5.74, 6) is 0. The van der Waals surface area contributed by atoms with Gasteiger partial charge in [0, 0.05) is 6.04 Å². The van der Waals surface area contributed by atoms with Crippen LogP contribution in [0.4, 0.5) is 0 Å². The van der Waals surface area contributed by atoms with E-state index in [9.17, 15) is 8.42 Å². The molecule has 0 aromatic heterocycles. The molecule has 1 unspecified atom stereocenters. The molecule has 1 atom stereocenters. The van der Waals surface area contributed by atoms with Gasteiger partial charge in [-0.25, -0.2) is 13.1 Å². The zero-order valence-corrected chi connectivity index (χ0v) is 8.77. The highest BCUT2D eigenvalue weighted by atomic mass is 32.2. The van der Waals surface area contributed by atoms with Gasteiger partial charge in [0.05, 0.1) is 0 Å². The third-order valence-corrected chi connectivity index (χ3v) is 2.51. The number of hydrogen-bond acceptors (Lipinski definition) is 2. The summed E-state index contributed by atoms with van der Waals surface area (Å²) in [6.45, 7) is 4.14. The van der Waals surface area contributed by atoms with Crippen LogP contribution in [0.1, 0.15) is 46.0 Å². The molecule has 0 bridgehead atoms. The molecule has 0 aliphatic carbocycles. The Morgan fingerprint density at radius 2 is 1.92 bits per heavy atom. The molecule has 1 N–H and O–H groups in total. The lowest BCUT2D eigenvalue weighted by atomic mass is 10.1. The minimum atomic E-state index is -2.42. The third kappa shape index (κ3) is 6.61. The third-order valence-electron chi connectivity index (χ3n) is 1.94. The average molecular weight is 193 g/mol. The second-order valence-electron chi connectivity index (χ2n) is 2.99. The predicted octanol–water partition coefficient (Wildman–Crippen LogP) is 1.46. The van der Waals surface area contributed by atoms with E-state index in [1.807, 2.05) is 6.92 Å². The summed E-state index contributed by atoms with van der Waals surface area (Å²) >= 11 is 0. The van der Waals surface area contributed by atoms with Crippen LogP contribution in [0, 0.1) is 0 Å². The largest absolute Gasteiger partial charge is 0.216 e. The van der Waals surface area contributed by atoms with Crippen molar-refractivity contribution in [1.82, 2.24) is 4.72 Å². The fourth-order valence-corrected chi connectivity index (χ4v) is 1.76. The van der Waals surface area contributed by atoms with Gasteiger partial charge in [-0.15, -0.1) is 0 Å². The lowest BCUT2D eigenvalue weighted by molar-refractivity contribution is 0.503. The van der Waals surface area contributed by atoms with Crippen molar-refractivity contribution in [2.75, 3.05) is 0 Å².